The minimum absolute atomic E-state index is 0.654. The molecule has 76 valence electrons. The average Bonchev–Trinajstić information content (AvgIpc) is 2.26. The lowest BCUT2D eigenvalue weighted by molar-refractivity contribution is 1.03. The molecule has 0 spiro atoms. The molecule has 0 saturated carbocycles. The fourth-order valence-electron chi connectivity index (χ4n) is 1.30. The van der Waals surface area contributed by atoms with E-state index in [9.17, 15) is 0 Å². The number of allylic oxidation sites excluding steroid dienone is 1. The molecular weight excluding hydrogens is 190 g/mol. The van der Waals surface area contributed by atoms with Crippen molar-refractivity contribution >= 4 is 11.8 Å². The standard InChI is InChI=1S/C12H17NS/c1-3-10(9-13)8-11-4-6-12(14-2)7-5-11/h3-7H,8-9,13H2,1-2H3/b10-3-. The van der Waals surface area contributed by atoms with Crippen LogP contribution in [-0.4, -0.2) is 12.8 Å². The number of rotatable bonds is 4. The van der Waals surface area contributed by atoms with Crippen LogP contribution in [0, 0.1) is 0 Å². The second-order valence-corrected chi connectivity index (χ2v) is 4.06. The number of hydrogen-bond acceptors (Lipinski definition) is 2. The van der Waals surface area contributed by atoms with Gasteiger partial charge in [-0.05, 0) is 37.3 Å². The van der Waals surface area contributed by atoms with Gasteiger partial charge in [-0.2, -0.15) is 0 Å². The Morgan fingerprint density at radius 1 is 1.36 bits per heavy atom. The van der Waals surface area contributed by atoms with Crippen LogP contribution in [0.25, 0.3) is 0 Å². The minimum atomic E-state index is 0.654. The van der Waals surface area contributed by atoms with E-state index in [0.29, 0.717) is 6.54 Å². The molecule has 1 rings (SSSR count). The molecule has 2 N–H and O–H groups in total. The van der Waals surface area contributed by atoms with Crippen LogP contribution in [0.1, 0.15) is 12.5 Å². The van der Waals surface area contributed by atoms with Gasteiger partial charge in [0, 0.05) is 11.4 Å². The van der Waals surface area contributed by atoms with Gasteiger partial charge in [-0.25, -0.2) is 0 Å². The van der Waals surface area contributed by atoms with Crippen molar-refractivity contribution in [2.45, 2.75) is 18.2 Å². The molecule has 0 saturated heterocycles. The summed E-state index contributed by atoms with van der Waals surface area (Å²) in [7, 11) is 0. The normalized spacial score (nSPS) is 11.8. The van der Waals surface area contributed by atoms with E-state index in [1.165, 1.54) is 16.0 Å². The highest BCUT2D eigenvalue weighted by atomic mass is 32.2. The molecule has 0 aliphatic rings. The van der Waals surface area contributed by atoms with Crippen molar-refractivity contribution in [3.8, 4) is 0 Å². The van der Waals surface area contributed by atoms with Crippen LogP contribution in [0.5, 0.6) is 0 Å². The summed E-state index contributed by atoms with van der Waals surface area (Å²) in [5.74, 6) is 0. The molecule has 0 radical (unpaired) electrons. The van der Waals surface area contributed by atoms with Gasteiger partial charge in [0.2, 0.25) is 0 Å². The van der Waals surface area contributed by atoms with Gasteiger partial charge in [0.15, 0.2) is 0 Å². The van der Waals surface area contributed by atoms with Crippen molar-refractivity contribution < 1.29 is 0 Å². The third-order valence-corrected chi connectivity index (χ3v) is 3.00. The lowest BCUT2D eigenvalue weighted by atomic mass is 10.1. The molecule has 0 unspecified atom stereocenters. The molecule has 0 heterocycles. The third-order valence-electron chi connectivity index (χ3n) is 2.26. The first-order valence-electron chi connectivity index (χ1n) is 4.77. The lowest BCUT2D eigenvalue weighted by Crippen LogP contribution is -2.05. The molecule has 0 fully saturated rings. The van der Waals surface area contributed by atoms with E-state index >= 15 is 0 Å². The minimum Gasteiger partial charge on any atom is -0.327 e. The van der Waals surface area contributed by atoms with Gasteiger partial charge < -0.3 is 5.73 Å². The topological polar surface area (TPSA) is 26.0 Å². The Bertz CT molecular complexity index is 301. The van der Waals surface area contributed by atoms with Gasteiger partial charge in [0.1, 0.15) is 0 Å². The van der Waals surface area contributed by atoms with Crippen molar-refractivity contribution in [2.75, 3.05) is 12.8 Å². The molecule has 1 nitrogen and oxygen atoms in total. The number of hydrogen-bond donors (Lipinski definition) is 1. The Morgan fingerprint density at radius 3 is 2.43 bits per heavy atom. The molecule has 0 amide bonds. The van der Waals surface area contributed by atoms with Gasteiger partial charge in [-0.15, -0.1) is 11.8 Å². The largest absolute Gasteiger partial charge is 0.327 e. The van der Waals surface area contributed by atoms with Crippen molar-refractivity contribution in [1.29, 1.82) is 0 Å². The van der Waals surface area contributed by atoms with E-state index in [0.717, 1.165) is 6.42 Å². The van der Waals surface area contributed by atoms with Crippen molar-refractivity contribution in [2.24, 2.45) is 5.73 Å². The summed E-state index contributed by atoms with van der Waals surface area (Å²) >= 11 is 1.77. The van der Waals surface area contributed by atoms with Crippen LogP contribution in [0.3, 0.4) is 0 Å². The first-order valence-corrected chi connectivity index (χ1v) is 5.99. The molecule has 14 heavy (non-hydrogen) atoms. The molecule has 1 aromatic rings. The van der Waals surface area contributed by atoms with Gasteiger partial charge in [-0.1, -0.05) is 23.8 Å². The van der Waals surface area contributed by atoms with E-state index in [-0.39, 0.29) is 0 Å². The molecule has 0 aromatic heterocycles. The van der Waals surface area contributed by atoms with E-state index in [1.54, 1.807) is 11.8 Å². The predicted octanol–water partition coefficient (Wildman–Crippen LogP) is 2.86. The quantitative estimate of drug-likeness (QED) is 0.607. The van der Waals surface area contributed by atoms with Crippen molar-refractivity contribution in [1.82, 2.24) is 0 Å². The Balaban J connectivity index is 2.68. The first-order chi connectivity index (χ1) is 6.80. The van der Waals surface area contributed by atoms with Crippen LogP contribution in [-0.2, 0) is 6.42 Å². The monoisotopic (exact) mass is 207 g/mol. The highest BCUT2D eigenvalue weighted by Crippen LogP contribution is 2.16. The fourth-order valence-corrected chi connectivity index (χ4v) is 1.71. The van der Waals surface area contributed by atoms with Crippen LogP contribution in [0.15, 0.2) is 40.8 Å². The highest BCUT2D eigenvalue weighted by Gasteiger charge is 1.97. The SMILES string of the molecule is C/C=C(\CN)Cc1ccc(SC)cc1. The second kappa shape index (κ2) is 5.89. The van der Waals surface area contributed by atoms with E-state index in [1.807, 2.05) is 6.92 Å². The van der Waals surface area contributed by atoms with Crippen LogP contribution >= 0.6 is 11.8 Å². The zero-order chi connectivity index (χ0) is 10.4. The molecule has 2 heteroatoms. The van der Waals surface area contributed by atoms with Gasteiger partial charge in [-0.3, -0.25) is 0 Å². The molecular formula is C12H17NS. The highest BCUT2D eigenvalue weighted by molar-refractivity contribution is 7.98. The number of thioether (sulfide) groups is 1. The zero-order valence-corrected chi connectivity index (χ0v) is 9.60. The molecule has 0 aliphatic heterocycles. The van der Waals surface area contributed by atoms with Crippen LogP contribution in [0.4, 0.5) is 0 Å². The van der Waals surface area contributed by atoms with Crippen molar-refractivity contribution in [3.63, 3.8) is 0 Å². The summed E-state index contributed by atoms with van der Waals surface area (Å²) in [6.45, 7) is 2.69. The van der Waals surface area contributed by atoms with E-state index in [2.05, 4.69) is 36.6 Å². The molecule has 0 aliphatic carbocycles. The van der Waals surface area contributed by atoms with Gasteiger partial charge >= 0.3 is 0 Å². The van der Waals surface area contributed by atoms with E-state index in [4.69, 9.17) is 5.73 Å². The maximum Gasteiger partial charge on any atom is 0.0140 e. The third kappa shape index (κ3) is 3.20. The Morgan fingerprint density at radius 2 is 2.00 bits per heavy atom. The Labute approximate surface area is 90.4 Å². The maximum atomic E-state index is 5.61. The zero-order valence-electron chi connectivity index (χ0n) is 8.79. The Kier molecular flexibility index (Phi) is 4.77. The summed E-state index contributed by atoms with van der Waals surface area (Å²) < 4.78 is 0. The molecule has 0 atom stereocenters. The summed E-state index contributed by atoms with van der Waals surface area (Å²) in [6.07, 6.45) is 5.16. The fraction of sp³-hybridized carbons (Fsp3) is 0.333. The van der Waals surface area contributed by atoms with Gasteiger partial charge in [0.25, 0.3) is 0 Å². The summed E-state index contributed by atoms with van der Waals surface area (Å²) in [6, 6.07) is 8.66. The Hall–Kier alpha value is -0.730. The molecule has 0 bridgehead atoms. The average molecular weight is 207 g/mol. The first kappa shape index (κ1) is 11.3. The predicted molar refractivity (Wildman–Crippen MR) is 64.7 cm³/mol. The summed E-state index contributed by atoms with van der Waals surface area (Å²) in [5.41, 5.74) is 8.24. The van der Waals surface area contributed by atoms with Gasteiger partial charge in [0.05, 0.1) is 0 Å². The lowest BCUT2D eigenvalue weighted by Gasteiger charge is -2.04. The summed E-state index contributed by atoms with van der Waals surface area (Å²) in [4.78, 5) is 1.31. The summed E-state index contributed by atoms with van der Waals surface area (Å²) in [5, 5.41) is 0. The van der Waals surface area contributed by atoms with Crippen LogP contribution in [0.2, 0.25) is 0 Å². The number of nitrogens with two attached hydrogens (primary N) is 1. The second-order valence-electron chi connectivity index (χ2n) is 3.18. The molecule has 1 aromatic carbocycles. The van der Waals surface area contributed by atoms with Crippen LogP contribution < -0.4 is 5.73 Å². The maximum absolute atomic E-state index is 5.61. The smallest absolute Gasteiger partial charge is 0.0140 e. The number of benzene rings is 1. The van der Waals surface area contributed by atoms with E-state index < -0.39 is 0 Å². The van der Waals surface area contributed by atoms with Crippen molar-refractivity contribution in [3.05, 3.63) is 41.5 Å².